The molecule has 2 rings (SSSR count). The van der Waals surface area contributed by atoms with Crippen LogP contribution in [0.15, 0.2) is 56.7 Å². The van der Waals surface area contributed by atoms with Crippen LogP contribution in [0.25, 0.3) is 0 Å². The Bertz CT molecular complexity index is 579. The number of nitrogen functional groups attached to an aromatic ring is 1. The van der Waals surface area contributed by atoms with Crippen molar-refractivity contribution in [2.24, 2.45) is 5.73 Å². The third kappa shape index (κ3) is 3.15. The molecule has 2 nitrogen and oxygen atoms in total. The van der Waals surface area contributed by atoms with Crippen LogP contribution in [0, 0.1) is 12.3 Å². The molecular formula is C14H13BrN2S. The lowest BCUT2D eigenvalue weighted by atomic mass is 10.1. The lowest BCUT2D eigenvalue weighted by Gasteiger charge is -2.07. The molecule has 0 fully saturated rings. The number of hydrogen-bond acceptors (Lipinski definition) is 2. The van der Waals surface area contributed by atoms with E-state index in [4.69, 9.17) is 11.1 Å². The molecule has 0 aliphatic rings. The van der Waals surface area contributed by atoms with Crippen molar-refractivity contribution < 1.29 is 0 Å². The van der Waals surface area contributed by atoms with Crippen LogP contribution in [0.5, 0.6) is 0 Å². The van der Waals surface area contributed by atoms with Crippen LogP contribution in [0.2, 0.25) is 0 Å². The third-order valence-electron chi connectivity index (χ3n) is 2.54. The Morgan fingerprint density at radius 3 is 2.28 bits per heavy atom. The minimum Gasteiger partial charge on any atom is -0.384 e. The Morgan fingerprint density at radius 1 is 1.11 bits per heavy atom. The summed E-state index contributed by atoms with van der Waals surface area (Å²) in [5.74, 6) is 0.118. The number of nitrogens with two attached hydrogens (primary N) is 1. The maximum atomic E-state index is 7.46. The van der Waals surface area contributed by atoms with Gasteiger partial charge in [0.05, 0.1) is 0 Å². The number of benzene rings is 2. The van der Waals surface area contributed by atoms with Gasteiger partial charge in [0, 0.05) is 19.8 Å². The molecule has 0 saturated carbocycles. The molecule has 0 atom stereocenters. The molecule has 18 heavy (non-hydrogen) atoms. The summed E-state index contributed by atoms with van der Waals surface area (Å²) in [6, 6.07) is 14.2. The third-order valence-corrected chi connectivity index (χ3v) is 4.06. The molecule has 0 radical (unpaired) electrons. The average molecular weight is 321 g/mol. The molecule has 2 aromatic rings. The van der Waals surface area contributed by atoms with Gasteiger partial charge in [0.2, 0.25) is 0 Å². The van der Waals surface area contributed by atoms with Crippen LogP contribution >= 0.6 is 27.7 Å². The van der Waals surface area contributed by atoms with E-state index in [1.165, 1.54) is 4.90 Å². The second-order valence-electron chi connectivity index (χ2n) is 3.95. The van der Waals surface area contributed by atoms with Crippen molar-refractivity contribution in [3.05, 3.63) is 58.1 Å². The first-order chi connectivity index (χ1) is 8.56. The maximum Gasteiger partial charge on any atom is 0.123 e. The number of hydrogen-bond donors (Lipinski definition) is 2. The van der Waals surface area contributed by atoms with E-state index in [0.717, 1.165) is 20.5 Å². The van der Waals surface area contributed by atoms with Gasteiger partial charge in [-0.2, -0.15) is 0 Å². The SMILES string of the molecule is Cc1cc(Sc2ccc(Br)cc2)ccc1C(=N)N. The van der Waals surface area contributed by atoms with Crippen molar-refractivity contribution in [3.63, 3.8) is 0 Å². The zero-order chi connectivity index (χ0) is 13.1. The van der Waals surface area contributed by atoms with Gasteiger partial charge in [-0.25, -0.2) is 0 Å². The largest absolute Gasteiger partial charge is 0.384 e. The van der Waals surface area contributed by atoms with E-state index >= 15 is 0 Å². The van der Waals surface area contributed by atoms with Crippen LogP contribution in [-0.4, -0.2) is 5.84 Å². The van der Waals surface area contributed by atoms with Gasteiger partial charge < -0.3 is 5.73 Å². The summed E-state index contributed by atoms with van der Waals surface area (Å²) in [6.07, 6.45) is 0. The molecule has 2 aromatic carbocycles. The first kappa shape index (κ1) is 13.2. The van der Waals surface area contributed by atoms with Crippen molar-refractivity contribution in [2.75, 3.05) is 0 Å². The molecular weight excluding hydrogens is 308 g/mol. The fourth-order valence-corrected chi connectivity index (χ4v) is 2.82. The first-order valence-corrected chi connectivity index (χ1v) is 7.05. The van der Waals surface area contributed by atoms with E-state index in [1.807, 2.05) is 31.2 Å². The summed E-state index contributed by atoms with van der Waals surface area (Å²) in [4.78, 5) is 2.34. The highest BCUT2D eigenvalue weighted by Gasteiger charge is 2.04. The van der Waals surface area contributed by atoms with Crippen molar-refractivity contribution in [1.29, 1.82) is 5.41 Å². The van der Waals surface area contributed by atoms with Gasteiger partial charge in [0.25, 0.3) is 0 Å². The summed E-state index contributed by atoms with van der Waals surface area (Å²) in [7, 11) is 0. The maximum absolute atomic E-state index is 7.46. The van der Waals surface area contributed by atoms with Crippen LogP contribution in [0.1, 0.15) is 11.1 Å². The van der Waals surface area contributed by atoms with Crippen LogP contribution < -0.4 is 5.73 Å². The standard InChI is InChI=1S/C14H13BrN2S/c1-9-8-12(6-7-13(9)14(16)17)18-11-4-2-10(15)3-5-11/h2-8H,1H3,(H3,16,17). The molecule has 0 bridgehead atoms. The fraction of sp³-hybridized carbons (Fsp3) is 0.0714. The van der Waals surface area contributed by atoms with E-state index < -0.39 is 0 Å². The normalized spacial score (nSPS) is 10.3. The summed E-state index contributed by atoms with van der Waals surface area (Å²) >= 11 is 5.12. The van der Waals surface area contributed by atoms with Crippen molar-refractivity contribution in [1.82, 2.24) is 0 Å². The second kappa shape index (κ2) is 5.59. The van der Waals surface area contributed by atoms with Crippen molar-refractivity contribution >= 4 is 33.5 Å². The number of halogens is 1. The molecule has 0 unspecified atom stereocenters. The number of aryl methyl sites for hydroxylation is 1. The molecule has 0 amide bonds. The molecule has 92 valence electrons. The Morgan fingerprint density at radius 2 is 1.72 bits per heavy atom. The highest BCUT2D eigenvalue weighted by atomic mass is 79.9. The molecule has 0 aliphatic heterocycles. The van der Waals surface area contributed by atoms with E-state index in [1.54, 1.807) is 11.8 Å². The van der Waals surface area contributed by atoms with Gasteiger partial charge >= 0.3 is 0 Å². The summed E-state index contributed by atoms with van der Waals surface area (Å²) in [5.41, 5.74) is 7.34. The highest BCUT2D eigenvalue weighted by molar-refractivity contribution is 9.10. The molecule has 0 spiro atoms. The van der Waals surface area contributed by atoms with E-state index in [9.17, 15) is 0 Å². The monoisotopic (exact) mass is 320 g/mol. The zero-order valence-corrected chi connectivity index (χ0v) is 12.3. The van der Waals surface area contributed by atoms with Gasteiger partial charge in [-0.15, -0.1) is 0 Å². The Labute approximate surface area is 119 Å². The lowest BCUT2D eigenvalue weighted by Crippen LogP contribution is -2.12. The Kier molecular flexibility index (Phi) is 4.09. The molecule has 0 aromatic heterocycles. The molecule has 0 heterocycles. The topological polar surface area (TPSA) is 49.9 Å². The molecule has 3 N–H and O–H groups in total. The van der Waals surface area contributed by atoms with E-state index in [0.29, 0.717) is 0 Å². The summed E-state index contributed by atoms with van der Waals surface area (Å²) in [6.45, 7) is 1.97. The van der Waals surface area contributed by atoms with Crippen molar-refractivity contribution in [2.45, 2.75) is 16.7 Å². The smallest absolute Gasteiger partial charge is 0.123 e. The van der Waals surface area contributed by atoms with Gasteiger partial charge in [-0.05, 0) is 55.0 Å². The summed E-state index contributed by atoms with van der Waals surface area (Å²) in [5, 5.41) is 7.46. The predicted molar refractivity (Wildman–Crippen MR) is 80.5 cm³/mol. The summed E-state index contributed by atoms with van der Waals surface area (Å²) < 4.78 is 1.08. The predicted octanol–water partition coefficient (Wildman–Crippen LogP) is 4.19. The number of rotatable bonds is 3. The van der Waals surface area contributed by atoms with Crippen LogP contribution in [0.3, 0.4) is 0 Å². The first-order valence-electron chi connectivity index (χ1n) is 5.45. The fourth-order valence-electron chi connectivity index (χ4n) is 1.64. The van der Waals surface area contributed by atoms with Gasteiger partial charge in [-0.1, -0.05) is 27.7 Å². The second-order valence-corrected chi connectivity index (χ2v) is 6.01. The minimum absolute atomic E-state index is 0.118. The number of amidine groups is 1. The van der Waals surface area contributed by atoms with E-state index in [2.05, 4.69) is 34.1 Å². The number of nitrogens with one attached hydrogen (secondary N) is 1. The van der Waals surface area contributed by atoms with Gasteiger partial charge in [0.15, 0.2) is 0 Å². The molecule has 0 aliphatic carbocycles. The zero-order valence-electron chi connectivity index (χ0n) is 9.91. The minimum atomic E-state index is 0.118. The lowest BCUT2D eigenvalue weighted by molar-refractivity contribution is 1.30. The Balaban J connectivity index is 2.22. The highest BCUT2D eigenvalue weighted by Crippen LogP contribution is 2.29. The molecule has 0 saturated heterocycles. The van der Waals surface area contributed by atoms with Crippen molar-refractivity contribution in [3.8, 4) is 0 Å². The average Bonchev–Trinajstić information content (AvgIpc) is 2.32. The quantitative estimate of drug-likeness (QED) is 0.658. The van der Waals surface area contributed by atoms with Gasteiger partial charge in [0.1, 0.15) is 5.84 Å². The van der Waals surface area contributed by atoms with Crippen LogP contribution in [-0.2, 0) is 0 Å². The van der Waals surface area contributed by atoms with Crippen LogP contribution in [0.4, 0.5) is 0 Å². The van der Waals surface area contributed by atoms with E-state index in [-0.39, 0.29) is 5.84 Å². The molecule has 4 heteroatoms. The Hall–Kier alpha value is -1.26. The van der Waals surface area contributed by atoms with Gasteiger partial charge in [-0.3, -0.25) is 5.41 Å².